The van der Waals surface area contributed by atoms with Crippen molar-refractivity contribution < 1.29 is 4.79 Å². The summed E-state index contributed by atoms with van der Waals surface area (Å²) in [4.78, 5) is 16.6. The summed E-state index contributed by atoms with van der Waals surface area (Å²) in [6, 6.07) is 15.0. The van der Waals surface area contributed by atoms with Gasteiger partial charge in [0, 0.05) is 21.1 Å². The minimum absolute atomic E-state index is 0.0941. The largest absolute Gasteiger partial charge is 0.326 e. The van der Waals surface area contributed by atoms with E-state index >= 15 is 0 Å². The van der Waals surface area contributed by atoms with E-state index in [0.717, 1.165) is 26.4 Å². The lowest BCUT2D eigenvalue weighted by atomic mass is 10.2. The second-order valence-electron chi connectivity index (χ2n) is 4.86. The van der Waals surface area contributed by atoms with Crippen molar-refractivity contribution in [2.75, 3.05) is 5.32 Å². The third-order valence-electron chi connectivity index (χ3n) is 3.13. The standard InChI is InChI=1S/C17H12BrClN2OS/c18-11-5-7-12(8-6-11)20-16(22)9-13-10-23-17(21-13)14-3-1-2-4-15(14)19/h1-8,10H,9H2,(H,20,22). The van der Waals surface area contributed by atoms with Gasteiger partial charge in [-0.05, 0) is 30.3 Å². The van der Waals surface area contributed by atoms with Gasteiger partial charge < -0.3 is 5.32 Å². The number of carbonyl (C=O) groups is 1. The monoisotopic (exact) mass is 406 g/mol. The topological polar surface area (TPSA) is 42.0 Å². The van der Waals surface area contributed by atoms with Crippen LogP contribution in [0.1, 0.15) is 5.69 Å². The van der Waals surface area contributed by atoms with Gasteiger partial charge in [0.05, 0.1) is 17.1 Å². The van der Waals surface area contributed by atoms with Gasteiger partial charge in [-0.1, -0.05) is 45.7 Å². The summed E-state index contributed by atoms with van der Waals surface area (Å²) in [5, 5.41) is 6.23. The molecule has 1 N–H and O–H groups in total. The molecule has 0 fully saturated rings. The zero-order valence-electron chi connectivity index (χ0n) is 11.9. The molecule has 23 heavy (non-hydrogen) atoms. The van der Waals surface area contributed by atoms with Crippen LogP contribution in [-0.2, 0) is 11.2 Å². The van der Waals surface area contributed by atoms with Crippen LogP contribution >= 0.6 is 38.9 Å². The van der Waals surface area contributed by atoms with E-state index in [4.69, 9.17) is 11.6 Å². The second-order valence-corrected chi connectivity index (χ2v) is 7.04. The fourth-order valence-electron chi connectivity index (χ4n) is 2.05. The highest BCUT2D eigenvalue weighted by atomic mass is 79.9. The van der Waals surface area contributed by atoms with E-state index in [2.05, 4.69) is 26.2 Å². The SMILES string of the molecule is O=C(Cc1csc(-c2ccccc2Cl)n1)Nc1ccc(Br)cc1. The van der Waals surface area contributed by atoms with Crippen molar-refractivity contribution in [1.82, 2.24) is 4.98 Å². The maximum absolute atomic E-state index is 12.1. The van der Waals surface area contributed by atoms with Gasteiger partial charge in [-0.15, -0.1) is 11.3 Å². The van der Waals surface area contributed by atoms with Gasteiger partial charge in [0.1, 0.15) is 5.01 Å². The van der Waals surface area contributed by atoms with Crippen molar-refractivity contribution in [1.29, 1.82) is 0 Å². The molecular formula is C17H12BrClN2OS. The Hall–Kier alpha value is -1.69. The first-order valence-corrected chi connectivity index (χ1v) is 8.91. The summed E-state index contributed by atoms with van der Waals surface area (Å²) in [5.41, 5.74) is 2.39. The van der Waals surface area contributed by atoms with Crippen LogP contribution in [0.5, 0.6) is 0 Å². The molecule has 1 amide bonds. The number of thiazole rings is 1. The third kappa shape index (κ3) is 4.19. The summed E-state index contributed by atoms with van der Waals surface area (Å²) in [6.07, 6.45) is 0.233. The first-order chi connectivity index (χ1) is 11.1. The number of nitrogens with zero attached hydrogens (tertiary/aromatic N) is 1. The highest BCUT2D eigenvalue weighted by Crippen LogP contribution is 2.30. The Morgan fingerprint density at radius 2 is 1.91 bits per heavy atom. The molecule has 3 aromatic rings. The van der Waals surface area contributed by atoms with E-state index in [1.165, 1.54) is 11.3 Å². The summed E-state index contributed by atoms with van der Waals surface area (Å²) in [5.74, 6) is -0.0941. The molecular weight excluding hydrogens is 396 g/mol. The minimum atomic E-state index is -0.0941. The van der Waals surface area contributed by atoms with Gasteiger partial charge in [-0.3, -0.25) is 4.79 Å². The van der Waals surface area contributed by atoms with Crippen molar-refractivity contribution >= 4 is 50.5 Å². The van der Waals surface area contributed by atoms with Crippen molar-refractivity contribution in [2.24, 2.45) is 0 Å². The molecule has 0 spiro atoms. The van der Waals surface area contributed by atoms with Gasteiger partial charge in [0.25, 0.3) is 0 Å². The highest BCUT2D eigenvalue weighted by Gasteiger charge is 2.11. The van der Waals surface area contributed by atoms with Gasteiger partial charge in [0.15, 0.2) is 0 Å². The molecule has 0 aliphatic heterocycles. The predicted molar refractivity (Wildman–Crippen MR) is 99.0 cm³/mol. The number of rotatable bonds is 4. The second kappa shape index (κ2) is 7.25. The van der Waals surface area contributed by atoms with Crippen LogP contribution in [0.25, 0.3) is 10.6 Å². The Labute approximate surface area is 151 Å². The van der Waals surface area contributed by atoms with Crippen molar-refractivity contribution in [2.45, 2.75) is 6.42 Å². The van der Waals surface area contributed by atoms with Gasteiger partial charge in [-0.25, -0.2) is 4.98 Å². The van der Waals surface area contributed by atoms with Crippen LogP contribution < -0.4 is 5.32 Å². The average molecular weight is 408 g/mol. The fourth-order valence-corrected chi connectivity index (χ4v) is 3.45. The third-order valence-corrected chi connectivity index (χ3v) is 4.91. The number of anilines is 1. The normalized spacial score (nSPS) is 10.5. The Morgan fingerprint density at radius 1 is 1.17 bits per heavy atom. The van der Waals surface area contributed by atoms with Crippen LogP contribution in [0.3, 0.4) is 0 Å². The Morgan fingerprint density at radius 3 is 2.65 bits per heavy atom. The van der Waals surface area contributed by atoms with Crippen molar-refractivity contribution in [3.05, 3.63) is 69.1 Å². The van der Waals surface area contributed by atoms with E-state index < -0.39 is 0 Å². The molecule has 0 radical (unpaired) electrons. The predicted octanol–water partition coefficient (Wildman–Crippen LogP) is 5.41. The first-order valence-electron chi connectivity index (χ1n) is 6.86. The number of nitrogens with one attached hydrogen (secondary N) is 1. The van der Waals surface area contributed by atoms with E-state index in [1.54, 1.807) is 0 Å². The molecule has 3 nitrogen and oxygen atoms in total. The van der Waals surface area contributed by atoms with E-state index in [9.17, 15) is 4.79 Å². The fraction of sp³-hybridized carbons (Fsp3) is 0.0588. The zero-order chi connectivity index (χ0) is 16.2. The number of carbonyl (C=O) groups excluding carboxylic acids is 1. The smallest absolute Gasteiger partial charge is 0.230 e. The molecule has 0 aliphatic rings. The number of benzene rings is 2. The van der Waals surface area contributed by atoms with Crippen LogP contribution in [0.2, 0.25) is 5.02 Å². The molecule has 0 atom stereocenters. The Balaban J connectivity index is 1.68. The van der Waals surface area contributed by atoms with Gasteiger partial charge in [0.2, 0.25) is 5.91 Å². The van der Waals surface area contributed by atoms with Crippen LogP contribution in [0, 0.1) is 0 Å². The number of amides is 1. The number of halogens is 2. The zero-order valence-corrected chi connectivity index (χ0v) is 15.1. The molecule has 1 aromatic heterocycles. The Bertz CT molecular complexity index is 833. The number of aromatic nitrogens is 1. The van der Waals surface area contributed by atoms with Crippen LogP contribution in [0.4, 0.5) is 5.69 Å². The summed E-state index contributed by atoms with van der Waals surface area (Å²) in [7, 11) is 0. The van der Waals surface area contributed by atoms with E-state index in [-0.39, 0.29) is 12.3 Å². The minimum Gasteiger partial charge on any atom is -0.326 e. The molecule has 1 heterocycles. The molecule has 0 saturated heterocycles. The van der Waals surface area contributed by atoms with Gasteiger partial charge >= 0.3 is 0 Å². The molecule has 0 saturated carbocycles. The molecule has 0 bridgehead atoms. The summed E-state index contributed by atoms with van der Waals surface area (Å²) in [6.45, 7) is 0. The quantitative estimate of drug-likeness (QED) is 0.628. The lowest BCUT2D eigenvalue weighted by Crippen LogP contribution is -2.14. The molecule has 0 aliphatic carbocycles. The highest BCUT2D eigenvalue weighted by molar-refractivity contribution is 9.10. The van der Waals surface area contributed by atoms with Gasteiger partial charge in [-0.2, -0.15) is 0 Å². The van der Waals surface area contributed by atoms with Crippen LogP contribution in [0.15, 0.2) is 58.4 Å². The maximum Gasteiger partial charge on any atom is 0.230 e. The first kappa shape index (κ1) is 16.2. The average Bonchev–Trinajstić information content (AvgIpc) is 2.98. The summed E-state index contributed by atoms with van der Waals surface area (Å²) < 4.78 is 0.972. The van der Waals surface area contributed by atoms with E-state index in [1.807, 2.05) is 53.9 Å². The maximum atomic E-state index is 12.1. The van der Waals surface area contributed by atoms with Crippen molar-refractivity contribution in [3.8, 4) is 10.6 Å². The molecule has 6 heteroatoms. The molecule has 116 valence electrons. The lowest BCUT2D eigenvalue weighted by Gasteiger charge is -2.04. The number of hydrogen-bond donors (Lipinski definition) is 1. The molecule has 3 rings (SSSR count). The Kier molecular flexibility index (Phi) is 5.10. The number of hydrogen-bond acceptors (Lipinski definition) is 3. The lowest BCUT2D eigenvalue weighted by molar-refractivity contribution is -0.115. The molecule has 2 aromatic carbocycles. The molecule has 0 unspecified atom stereocenters. The summed E-state index contributed by atoms with van der Waals surface area (Å²) >= 11 is 11.0. The van der Waals surface area contributed by atoms with Crippen LogP contribution in [-0.4, -0.2) is 10.9 Å². The van der Waals surface area contributed by atoms with E-state index in [0.29, 0.717) is 5.02 Å². The van der Waals surface area contributed by atoms with Crippen molar-refractivity contribution in [3.63, 3.8) is 0 Å².